The van der Waals surface area contributed by atoms with E-state index in [4.69, 9.17) is 28.5 Å². The zero-order valence-corrected chi connectivity index (χ0v) is 14.0. The highest BCUT2D eigenvalue weighted by atomic mass is 35.5. The number of rotatable bonds is 4. The van der Waals surface area contributed by atoms with E-state index in [1.807, 2.05) is 0 Å². The Labute approximate surface area is 143 Å². The van der Waals surface area contributed by atoms with Crippen molar-refractivity contribution in [1.82, 2.24) is 0 Å². The second-order valence-corrected chi connectivity index (χ2v) is 7.47. The van der Waals surface area contributed by atoms with Crippen LogP contribution in [0.5, 0.6) is 0 Å². The van der Waals surface area contributed by atoms with Gasteiger partial charge in [0.2, 0.25) is 0 Å². The van der Waals surface area contributed by atoms with Crippen molar-refractivity contribution in [3.8, 4) is 6.07 Å². The molecule has 2 aromatic rings. The van der Waals surface area contributed by atoms with Crippen molar-refractivity contribution in [3.63, 3.8) is 0 Å². The molecule has 0 spiro atoms. The lowest BCUT2D eigenvalue weighted by Crippen LogP contribution is -2.06. The van der Waals surface area contributed by atoms with Crippen molar-refractivity contribution >= 4 is 39.1 Å². The van der Waals surface area contributed by atoms with E-state index in [2.05, 4.69) is 0 Å². The van der Waals surface area contributed by atoms with Gasteiger partial charge in [-0.25, -0.2) is 12.8 Å². The van der Waals surface area contributed by atoms with Crippen LogP contribution in [0.4, 0.5) is 4.39 Å². The summed E-state index contributed by atoms with van der Waals surface area (Å²) in [5, 5.41) is 9.67. The van der Waals surface area contributed by atoms with E-state index in [1.165, 1.54) is 6.07 Å². The largest absolute Gasteiger partial charge is 0.223 e. The SMILES string of the molecule is N#C/C(=C\c1ccc(F)cc1Cl)S(=O)(=O)Cc1ccc(Cl)cc1. The third-order valence-corrected chi connectivity index (χ3v) is 5.14. The molecule has 2 rings (SSSR count). The molecular formula is C16H10Cl2FNO2S. The Bertz CT molecular complexity index is 901. The highest BCUT2D eigenvalue weighted by Gasteiger charge is 2.19. The van der Waals surface area contributed by atoms with Crippen molar-refractivity contribution in [3.05, 3.63) is 74.4 Å². The molecule has 0 N–H and O–H groups in total. The third-order valence-electron chi connectivity index (χ3n) is 2.96. The van der Waals surface area contributed by atoms with E-state index in [0.29, 0.717) is 10.6 Å². The van der Waals surface area contributed by atoms with Crippen LogP contribution in [0.25, 0.3) is 6.08 Å². The molecule has 0 saturated carbocycles. The van der Waals surface area contributed by atoms with E-state index >= 15 is 0 Å². The van der Waals surface area contributed by atoms with E-state index in [0.717, 1.165) is 18.2 Å². The fourth-order valence-electron chi connectivity index (χ4n) is 1.83. The topological polar surface area (TPSA) is 57.9 Å². The van der Waals surface area contributed by atoms with Gasteiger partial charge in [-0.15, -0.1) is 0 Å². The van der Waals surface area contributed by atoms with Gasteiger partial charge in [-0.05, 0) is 41.5 Å². The summed E-state index contributed by atoms with van der Waals surface area (Å²) in [5.74, 6) is -0.891. The number of sulfone groups is 1. The first-order valence-corrected chi connectivity index (χ1v) is 8.77. The fourth-order valence-corrected chi connectivity index (χ4v) is 3.41. The highest BCUT2D eigenvalue weighted by Crippen LogP contribution is 2.23. The average molecular weight is 370 g/mol. The van der Waals surface area contributed by atoms with Crippen LogP contribution in [0.15, 0.2) is 47.4 Å². The summed E-state index contributed by atoms with van der Waals surface area (Å²) in [4.78, 5) is -0.444. The Balaban J connectivity index is 2.37. The summed E-state index contributed by atoms with van der Waals surface area (Å²) in [6.45, 7) is 0. The Morgan fingerprint density at radius 2 is 1.83 bits per heavy atom. The maximum Gasteiger partial charge on any atom is 0.192 e. The summed E-state index contributed by atoms with van der Waals surface area (Å²) < 4.78 is 37.7. The summed E-state index contributed by atoms with van der Waals surface area (Å²) in [7, 11) is -3.86. The standard InChI is InChI=1S/C16H10Cl2FNO2S/c17-13-4-1-11(2-5-13)10-23(21,22)15(9-20)7-12-3-6-14(19)8-16(12)18/h1-8H,10H2/b15-7+. The summed E-state index contributed by atoms with van der Waals surface area (Å²) in [6.07, 6.45) is 1.13. The molecule has 3 nitrogen and oxygen atoms in total. The van der Waals surface area contributed by atoms with Crippen LogP contribution >= 0.6 is 23.2 Å². The quantitative estimate of drug-likeness (QED) is 0.739. The van der Waals surface area contributed by atoms with Gasteiger partial charge in [0, 0.05) is 5.02 Å². The first kappa shape index (κ1) is 17.5. The van der Waals surface area contributed by atoms with Crippen LogP contribution in [0.3, 0.4) is 0 Å². The normalized spacial score (nSPS) is 12.0. The Kier molecular flexibility index (Phi) is 5.42. The smallest absolute Gasteiger partial charge is 0.192 e. The Hall–Kier alpha value is -1.87. The lowest BCUT2D eigenvalue weighted by molar-refractivity contribution is 0.602. The number of allylic oxidation sites excluding steroid dienone is 1. The molecule has 0 radical (unpaired) electrons. The minimum absolute atomic E-state index is 0.0273. The molecule has 0 saturated heterocycles. The van der Waals surface area contributed by atoms with Crippen LogP contribution in [0.1, 0.15) is 11.1 Å². The van der Waals surface area contributed by atoms with Gasteiger partial charge in [0.15, 0.2) is 9.84 Å². The molecule has 23 heavy (non-hydrogen) atoms. The molecule has 0 fully saturated rings. The van der Waals surface area contributed by atoms with Crippen molar-refractivity contribution in [2.45, 2.75) is 5.75 Å². The molecule has 0 unspecified atom stereocenters. The van der Waals surface area contributed by atoms with Gasteiger partial charge in [-0.1, -0.05) is 41.4 Å². The Morgan fingerprint density at radius 1 is 1.17 bits per heavy atom. The van der Waals surface area contributed by atoms with E-state index in [9.17, 15) is 12.8 Å². The van der Waals surface area contributed by atoms with Gasteiger partial charge in [0.25, 0.3) is 0 Å². The van der Waals surface area contributed by atoms with Gasteiger partial charge in [0.05, 0.1) is 10.8 Å². The number of hydrogen-bond acceptors (Lipinski definition) is 3. The van der Waals surface area contributed by atoms with E-state index < -0.39 is 20.6 Å². The predicted octanol–water partition coefficient (Wildman–Crippen LogP) is 4.61. The number of nitriles is 1. The van der Waals surface area contributed by atoms with Gasteiger partial charge in [0.1, 0.15) is 16.8 Å². The van der Waals surface area contributed by atoms with E-state index in [-0.39, 0.29) is 16.3 Å². The molecule has 118 valence electrons. The maximum absolute atomic E-state index is 13.0. The number of nitrogens with zero attached hydrogens (tertiary/aromatic N) is 1. The molecule has 0 heterocycles. The van der Waals surface area contributed by atoms with Crippen molar-refractivity contribution in [1.29, 1.82) is 5.26 Å². The summed E-state index contributed by atoms with van der Waals surface area (Å²) in [6, 6.07) is 11.4. The minimum atomic E-state index is -3.86. The second kappa shape index (κ2) is 7.14. The number of hydrogen-bond donors (Lipinski definition) is 0. The molecule has 0 aliphatic heterocycles. The molecule has 2 aromatic carbocycles. The lowest BCUT2D eigenvalue weighted by atomic mass is 10.2. The number of benzene rings is 2. The molecule has 0 aromatic heterocycles. The third kappa shape index (κ3) is 4.55. The van der Waals surface area contributed by atoms with Crippen molar-refractivity contribution < 1.29 is 12.8 Å². The van der Waals surface area contributed by atoms with E-state index in [1.54, 1.807) is 30.3 Å². The van der Waals surface area contributed by atoms with Gasteiger partial charge in [-0.3, -0.25) is 0 Å². The molecule has 0 atom stereocenters. The zero-order chi connectivity index (χ0) is 17.0. The first-order valence-electron chi connectivity index (χ1n) is 6.36. The van der Waals surface area contributed by atoms with Gasteiger partial charge in [-0.2, -0.15) is 5.26 Å². The van der Waals surface area contributed by atoms with Crippen LogP contribution in [-0.2, 0) is 15.6 Å². The van der Waals surface area contributed by atoms with Crippen LogP contribution in [0.2, 0.25) is 10.0 Å². The minimum Gasteiger partial charge on any atom is -0.223 e. The maximum atomic E-state index is 13.0. The molecule has 0 aliphatic rings. The molecule has 7 heteroatoms. The fraction of sp³-hybridized carbons (Fsp3) is 0.0625. The lowest BCUT2D eigenvalue weighted by Gasteiger charge is -2.05. The number of halogens is 3. The van der Waals surface area contributed by atoms with Crippen LogP contribution in [0, 0.1) is 17.1 Å². The summed E-state index contributed by atoms with van der Waals surface area (Å²) >= 11 is 11.6. The van der Waals surface area contributed by atoms with Gasteiger partial charge < -0.3 is 0 Å². The second-order valence-electron chi connectivity index (χ2n) is 4.67. The van der Waals surface area contributed by atoms with Crippen molar-refractivity contribution in [2.75, 3.05) is 0 Å². The Morgan fingerprint density at radius 3 is 2.39 bits per heavy atom. The van der Waals surface area contributed by atoms with Gasteiger partial charge >= 0.3 is 0 Å². The van der Waals surface area contributed by atoms with Crippen LogP contribution < -0.4 is 0 Å². The molecule has 0 aliphatic carbocycles. The predicted molar refractivity (Wildman–Crippen MR) is 89.1 cm³/mol. The average Bonchev–Trinajstić information content (AvgIpc) is 2.48. The molecular weight excluding hydrogens is 360 g/mol. The summed E-state index contributed by atoms with van der Waals surface area (Å²) in [5.41, 5.74) is 0.755. The van der Waals surface area contributed by atoms with Crippen molar-refractivity contribution in [2.24, 2.45) is 0 Å². The monoisotopic (exact) mass is 369 g/mol. The zero-order valence-electron chi connectivity index (χ0n) is 11.6. The molecule has 0 amide bonds. The molecule has 0 bridgehead atoms. The highest BCUT2D eigenvalue weighted by molar-refractivity contribution is 7.95. The van der Waals surface area contributed by atoms with Crippen LogP contribution in [-0.4, -0.2) is 8.42 Å². The first-order chi connectivity index (χ1) is 10.8.